The van der Waals surface area contributed by atoms with Crippen LogP contribution < -0.4 is 10.3 Å². The maximum absolute atomic E-state index is 12.8. The van der Waals surface area contributed by atoms with Crippen LogP contribution in [0.25, 0.3) is 0 Å². The Labute approximate surface area is 157 Å². The molecule has 0 saturated carbocycles. The molecule has 0 radical (unpaired) electrons. The molecule has 26 heavy (non-hydrogen) atoms. The lowest BCUT2D eigenvalue weighted by atomic mass is 10.1. The van der Waals surface area contributed by atoms with Gasteiger partial charge in [-0.05, 0) is 38.5 Å². The molecule has 0 aliphatic heterocycles. The largest absolute Gasteiger partial charge is 0.497 e. The molecule has 0 aliphatic carbocycles. The normalized spacial score (nSPS) is 11.9. The zero-order valence-electron chi connectivity index (χ0n) is 15.7. The predicted molar refractivity (Wildman–Crippen MR) is 102 cm³/mol. The molecule has 0 unspecified atom stereocenters. The van der Waals surface area contributed by atoms with Crippen molar-refractivity contribution >= 4 is 17.7 Å². The zero-order chi connectivity index (χ0) is 19.3. The first-order chi connectivity index (χ1) is 12.4. The van der Waals surface area contributed by atoms with E-state index in [0.717, 1.165) is 11.3 Å². The van der Waals surface area contributed by atoms with Crippen molar-refractivity contribution in [1.82, 2.24) is 9.55 Å². The number of benzene rings is 1. The molecule has 6 nitrogen and oxygen atoms in total. The minimum atomic E-state index is -0.431. The summed E-state index contributed by atoms with van der Waals surface area (Å²) in [6, 6.07) is 7.61. The van der Waals surface area contributed by atoms with Crippen molar-refractivity contribution < 1.29 is 14.3 Å². The lowest BCUT2D eigenvalue weighted by Gasteiger charge is -2.15. The van der Waals surface area contributed by atoms with Gasteiger partial charge in [-0.1, -0.05) is 23.9 Å². The van der Waals surface area contributed by atoms with Crippen LogP contribution in [0.5, 0.6) is 5.75 Å². The third-order valence-corrected chi connectivity index (χ3v) is 5.11. The first-order valence-electron chi connectivity index (χ1n) is 8.40. The summed E-state index contributed by atoms with van der Waals surface area (Å²) >= 11 is 1.23. The Balaban J connectivity index is 2.26. The number of carbonyl (C=O) groups excluding carboxylic acids is 1. The molecule has 7 heteroatoms. The highest BCUT2D eigenvalue weighted by Crippen LogP contribution is 2.22. The number of carbonyl (C=O) groups is 1. The Morgan fingerprint density at radius 3 is 2.54 bits per heavy atom. The van der Waals surface area contributed by atoms with Gasteiger partial charge in [-0.3, -0.25) is 14.2 Å². The number of aryl methyl sites for hydroxylation is 1. The third-order valence-electron chi connectivity index (χ3n) is 3.99. The molecule has 0 N–H and O–H groups in total. The quantitative estimate of drug-likeness (QED) is 0.420. The van der Waals surface area contributed by atoms with E-state index < -0.39 is 5.25 Å². The van der Waals surface area contributed by atoms with Crippen LogP contribution in [0.1, 0.15) is 30.7 Å². The molecule has 0 spiro atoms. The van der Waals surface area contributed by atoms with E-state index in [1.165, 1.54) is 16.3 Å². The number of methoxy groups -OCH3 is 1. The molecular weight excluding hydrogens is 352 g/mol. The SMILES string of the molecule is CCOC(=O)[C@@H](C)Sc1nc(C)c(Cc2ccc(OC)cc2)c(=O)n1C. The summed E-state index contributed by atoms with van der Waals surface area (Å²) in [7, 11) is 3.29. The first-order valence-corrected chi connectivity index (χ1v) is 9.28. The number of esters is 1. The molecule has 1 heterocycles. The van der Waals surface area contributed by atoms with Crippen molar-refractivity contribution in [1.29, 1.82) is 0 Å². The van der Waals surface area contributed by atoms with Crippen LogP contribution in [0, 0.1) is 6.92 Å². The smallest absolute Gasteiger partial charge is 0.319 e. The van der Waals surface area contributed by atoms with Gasteiger partial charge in [-0.15, -0.1) is 0 Å². The summed E-state index contributed by atoms with van der Waals surface area (Å²) in [5.41, 5.74) is 2.22. The summed E-state index contributed by atoms with van der Waals surface area (Å²) < 4.78 is 11.7. The van der Waals surface area contributed by atoms with Gasteiger partial charge in [0.1, 0.15) is 11.0 Å². The van der Waals surface area contributed by atoms with Crippen LogP contribution in [0.2, 0.25) is 0 Å². The number of thioether (sulfide) groups is 1. The van der Waals surface area contributed by atoms with Gasteiger partial charge in [0.25, 0.3) is 5.56 Å². The van der Waals surface area contributed by atoms with Crippen molar-refractivity contribution in [3.8, 4) is 5.75 Å². The fourth-order valence-electron chi connectivity index (χ4n) is 2.45. The highest BCUT2D eigenvalue weighted by atomic mass is 32.2. The van der Waals surface area contributed by atoms with E-state index in [1.807, 2.05) is 31.2 Å². The topological polar surface area (TPSA) is 70.4 Å². The van der Waals surface area contributed by atoms with E-state index in [9.17, 15) is 9.59 Å². The van der Waals surface area contributed by atoms with Crippen LogP contribution in [0.15, 0.2) is 34.2 Å². The zero-order valence-corrected chi connectivity index (χ0v) is 16.6. The Hall–Kier alpha value is -2.28. The highest BCUT2D eigenvalue weighted by molar-refractivity contribution is 8.00. The monoisotopic (exact) mass is 376 g/mol. The third kappa shape index (κ3) is 4.66. The second kappa shape index (κ2) is 8.89. The summed E-state index contributed by atoms with van der Waals surface area (Å²) in [5.74, 6) is 0.461. The number of hydrogen-bond acceptors (Lipinski definition) is 6. The van der Waals surface area contributed by atoms with Crippen molar-refractivity contribution in [2.24, 2.45) is 7.05 Å². The van der Waals surface area contributed by atoms with Gasteiger partial charge in [-0.2, -0.15) is 0 Å². The molecule has 0 saturated heterocycles. The van der Waals surface area contributed by atoms with Gasteiger partial charge < -0.3 is 9.47 Å². The molecule has 0 aliphatic rings. The standard InChI is InChI=1S/C19H24N2O4S/c1-6-25-18(23)13(3)26-19-20-12(2)16(17(22)21(19)4)11-14-7-9-15(24-5)10-8-14/h7-10,13H,6,11H2,1-5H3/t13-/m1/s1. The van der Waals surface area contributed by atoms with E-state index in [2.05, 4.69) is 4.98 Å². The predicted octanol–water partition coefficient (Wildman–Crippen LogP) is 2.73. The van der Waals surface area contributed by atoms with Gasteiger partial charge in [0.05, 0.1) is 13.7 Å². The molecule has 2 aromatic rings. The number of rotatable bonds is 7. The molecule has 1 atom stereocenters. The summed E-state index contributed by atoms with van der Waals surface area (Å²) in [6.07, 6.45) is 0.494. The van der Waals surface area contributed by atoms with Gasteiger partial charge in [0, 0.05) is 24.7 Å². The molecule has 2 rings (SSSR count). The average molecular weight is 376 g/mol. The number of nitrogens with zero attached hydrogens (tertiary/aromatic N) is 2. The highest BCUT2D eigenvalue weighted by Gasteiger charge is 2.20. The maximum atomic E-state index is 12.8. The summed E-state index contributed by atoms with van der Waals surface area (Å²) in [6.45, 7) is 5.66. The molecule has 0 amide bonds. The molecule has 1 aromatic carbocycles. The summed E-state index contributed by atoms with van der Waals surface area (Å²) in [4.78, 5) is 29.1. The van der Waals surface area contributed by atoms with Crippen LogP contribution in [-0.4, -0.2) is 34.5 Å². The maximum Gasteiger partial charge on any atom is 0.319 e. The molecule has 1 aromatic heterocycles. The fourth-order valence-corrected chi connectivity index (χ4v) is 3.36. The van der Waals surface area contributed by atoms with Crippen LogP contribution in [0.4, 0.5) is 0 Å². The number of aromatic nitrogens is 2. The second-order valence-corrected chi connectivity index (χ2v) is 7.17. The van der Waals surface area contributed by atoms with Gasteiger partial charge >= 0.3 is 5.97 Å². The van der Waals surface area contributed by atoms with Gasteiger partial charge in [-0.25, -0.2) is 4.98 Å². The van der Waals surface area contributed by atoms with E-state index in [1.54, 1.807) is 28.0 Å². The Kier molecular flexibility index (Phi) is 6.85. The van der Waals surface area contributed by atoms with E-state index in [-0.39, 0.29) is 11.5 Å². The molecular formula is C19H24N2O4S. The molecule has 140 valence electrons. The van der Waals surface area contributed by atoms with Crippen molar-refractivity contribution in [2.75, 3.05) is 13.7 Å². The minimum absolute atomic E-state index is 0.105. The molecule has 0 bridgehead atoms. The fraction of sp³-hybridized carbons (Fsp3) is 0.421. The summed E-state index contributed by atoms with van der Waals surface area (Å²) in [5, 5.41) is 0.0754. The first kappa shape index (κ1) is 20.0. The minimum Gasteiger partial charge on any atom is -0.497 e. The average Bonchev–Trinajstić information content (AvgIpc) is 2.63. The van der Waals surface area contributed by atoms with Crippen LogP contribution in [-0.2, 0) is 23.0 Å². The second-order valence-electron chi connectivity index (χ2n) is 5.86. The van der Waals surface area contributed by atoms with Crippen molar-refractivity contribution in [2.45, 2.75) is 37.6 Å². The van der Waals surface area contributed by atoms with E-state index in [4.69, 9.17) is 9.47 Å². The van der Waals surface area contributed by atoms with Crippen molar-refractivity contribution in [3.05, 3.63) is 51.4 Å². The Morgan fingerprint density at radius 2 is 1.96 bits per heavy atom. The van der Waals surface area contributed by atoms with E-state index >= 15 is 0 Å². The van der Waals surface area contributed by atoms with Crippen LogP contribution >= 0.6 is 11.8 Å². The van der Waals surface area contributed by atoms with Gasteiger partial charge in [0.2, 0.25) is 0 Å². The van der Waals surface area contributed by atoms with Gasteiger partial charge in [0.15, 0.2) is 5.16 Å². The Morgan fingerprint density at radius 1 is 1.31 bits per heavy atom. The van der Waals surface area contributed by atoms with Crippen LogP contribution in [0.3, 0.4) is 0 Å². The molecule has 0 fully saturated rings. The Bertz CT molecular complexity index is 831. The lowest BCUT2D eigenvalue weighted by molar-refractivity contribution is -0.142. The number of ether oxygens (including phenoxy) is 2. The van der Waals surface area contributed by atoms with Crippen molar-refractivity contribution in [3.63, 3.8) is 0 Å². The van der Waals surface area contributed by atoms with E-state index in [0.29, 0.717) is 29.4 Å². The lowest BCUT2D eigenvalue weighted by Crippen LogP contribution is -2.27. The number of hydrogen-bond donors (Lipinski definition) is 0.